The normalized spacial score (nSPS) is 12.9. The van der Waals surface area contributed by atoms with Gasteiger partial charge in [-0.1, -0.05) is 17.4 Å². The van der Waals surface area contributed by atoms with E-state index in [2.05, 4.69) is 13.8 Å². The number of thiazole rings is 1. The summed E-state index contributed by atoms with van der Waals surface area (Å²) in [5.74, 6) is 1.46. The monoisotopic (exact) mass is 404 g/mol. The lowest BCUT2D eigenvalue weighted by Gasteiger charge is -2.22. The standard InChI is InChI=1S/C19H21N3O3S2/c1-3-21(4-2)7-8-22(18(23)16-6-5-9-26-16)19-20-13-10-14-15(25-12-24-14)11-17(13)27-19/h5-6,9-11H,3-4,7-8,12H2,1-2H3/p+1. The average Bonchev–Trinajstić information content (AvgIpc) is 3.42. The number of nitrogens with zero attached hydrogens (tertiary/aromatic N) is 2. The summed E-state index contributed by atoms with van der Waals surface area (Å²) in [5.41, 5.74) is 0.832. The third-order valence-electron chi connectivity index (χ3n) is 4.77. The van der Waals surface area contributed by atoms with Gasteiger partial charge in [0.15, 0.2) is 16.6 Å². The molecule has 1 aliphatic heterocycles. The summed E-state index contributed by atoms with van der Waals surface area (Å²) in [7, 11) is 0. The molecule has 1 amide bonds. The number of hydrogen-bond acceptors (Lipinski definition) is 6. The number of benzene rings is 1. The molecule has 0 saturated carbocycles. The summed E-state index contributed by atoms with van der Waals surface area (Å²) in [6.45, 7) is 8.20. The molecule has 6 nitrogen and oxygen atoms in total. The van der Waals surface area contributed by atoms with Crippen LogP contribution in [0.5, 0.6) is 11.5 Å². The van der Waals surface area contributed by atoms with Gasteiger partial charge in [-0.15, -0.1) is 11.3 Å². The summed E-state index contributed by atoms with van der Waals surface area (Å²) in [6.07, 6.45) is 0. The first-order valence-corrected chi connectivity index (χ1v) is 10.8. The zero-order valence-electron chi connectivity index (χ0n) is 15.4. The number of carbonyl (C=O) groups is 1. The van der Waals surface area contributed by atoms with Crippen molar-refractivity contribution in [3.63, 3.8) is 0 Å². The quantitative estimate of drug-likeness (QED) is 0.658. The van der Waals surface area contributed by atoms with Gasteiger partial charge in [0.25, 0.3) is 5.91 Å². The minimum atomic E-state index is 0.00986. The molecule has 1 N–H and O–H groups in total. The Hall–Kier alpha value is -2.16. The fraction of sp³-hybridized carbons (Fsp3) is 0.368. The van der Waals surface area contributed by atoms with Gasteiger partial charge in [0.1, 0.15) is 0 Å². The Morgan fingerprint density at radius 1 is 1.26 bits per heavy atom. The first kappa shape index (κ1) is 18.2. The van der Waals surface area contributed by atoms with Crippen molar-refractivity contribution in [3.05, 3.63) is 34.5 Å². The van der Waals surface area contributed by atoms with Crippen molar-refractivity contribution in [3.8, 4) is 11.5 Å². The second-order valence-corrected chi connectivity index (χ2v) is 8.27. The number of anilines is 1. The third-order valence-corrected chi connectivity index (χ3v) is 6.67. The topological polar surface area (TPSA) is 56.1 Å². The number of likely N-dealkylation sites (N-methyl/N-ethyl adjacent to an activating group) is 1. The highest BCUT2D eigenvalue weighted by Gasteiger charge is 2.24. The molecule has 0 radical (unpaired) electrons. The molecular weight excluding hydrogens is 382 g/mol. The molecule has 27 heavy (non-hydrogen) atoms. The van der Waals surface area contributed by atoms with E-state index < -0.39 is 0 Å². The predicted molar refractivity (Wildman–Crippen MR) is 109 cm³/mol. The summed E-state index contributed by atoms with van der Waals surface area (Å²) in [4.78, 5) is 21.9. The van der Waals surface area contributed by atoms with Gasteiger partial charge in [-0.25, -0.2) is 4.98 Å². The molecule has 4 rings (SSSR count). The van der Waals surface area contributed by atoms with Crippen molar-refractivity contribution in [2.75, 3.05) is 37.9 Å². The molecule has 0 atom stereocenters. The Labute approximate surface area is 165 Å². The maximum Gasteiger partial charge on any atom is 0.270 e. The second kappa shape index (κ2) is 7.84. The molecule has 2 aromatic heterocycles. The van der Waals surface area contributed by atoms with Crippen LogP contribution in [0.25, 0.3) is 10.2 Å². The molecule has 142 valence electrons. The molecule has 3 heterocycles. The summed E-state index contributed by atoms with van der Waals surface area (Å²) in [6, 6.07) is 7.61. The molecule has 8 heteroatoms. The number of quaternary nitrogens is 1. The van der Waals surface area contributed by atoms with Crippen molar-refractivity contribution in [1.82, 2.24) is 4.98 Å². The van der Waals surface area contributed by atoms with Crippen molar-refractivity contribution in [1.29, 1.82) is 0 Å². The van der Waals surface area contributed by atoms with Crippen LogP contribution in [0.3, 0.4) is 0 Å². The van der Waals surface area contributed by atoms with Crippen molar-refractivity contribution < 1.29 is 19.2 Å². The number of carbonyl (C=O) groups excluding carboxylic acids is 1. The highest BCUT2D eigenvalue weighted by atomic mass is 32.1. The Balaban J connectivity index is 1.66. The zero-order chi connectivity index (χ0) is 18.8. The number of hydrogen-bond donors (Lipinski definition) is 1. The molecule has 3 aromatic rings. The molecule has 0 bridgehead atoms. The van der Waals surface area contributed by atoms with Crippen LogP contribution in [0.4, 0.5) is 5.13 Å². The number of rotatable bonds is 7. The Bertz CT molecular complexity index is 894. The minimum absolute atomic E-state index is 0.00986. The molecule has 0 aliphatic carbocycles. The number of amides is 1. The van der Waals surface area contributed by atoms with Crippen LogP contribution in [-0.4, -0.2) is 43.9 Å². The Morgan fingerprint density at radius 2 is 2.04 bits per heavy atom. The van der Waals surface area contributed by atoms with E-state index in [0.29, 0.717) is 12.3 Å². The van der Waals surface area contributed by atoms with Gasteiger partial charge in [-0.05, 0) is 25.3 Å². The third kappa shape index (κ3) is 3.65. The van der Waals surface area contributed by atoms with Crippen LogP contribution in [0, 0.1) is 0 Å². The zero-order valence-corrected chi connectivity index (χ0v) is 17.0. The van der Waals surface area contributed by atoms with Gasteiger partial charge in [-0.2, -0.15) is 0 Å². The van der Waals surface area contributed by atoms with Gasteiger partial charge in [0.05, 0.1) is 41.3 Å². The van der Waals surface area contributed by atoms with Gasteiger partial charge < -0.3 is 14.4 Å². The van der Waals surface area contributed by atoms with Crippen LogP contribution in [0.15, 0.2) is 29.6 Å². The highest BCUT2D eigenvalue weighted by molar-refractivity contribution is 7.22. The van der Waals surface area contributed by atoms with E-state index in [1.165, 1.54) is 27.6 Å². The average molecular weight is 405 g/mol. The van der Waals surface area contributed by atoms with Crippen molar-refractivity contribution in [2.24, 2.45) is 0 Å². The van der Waals surface area contributed by atoms with Crippen LogP contribution in [-0.2, 0) is 0 Å². The van der Waals surface area contributed by atoms with E-state index >= 15 is 0 Å². The second-order valence-electron chi connectivity index (χ2n) is 6.31. The first-order chi connectivity index (χ1) is 13.2. The molecule has 0 spiro atoms. The van der Waals surface area contributed by atoms with E-state index in [1.54, 1.807) is 0 Å². The largest absolute Gasteiger partial charge is 0.454 e. The number of aromatic nitrogens is 1. The highest BCUT2D eigenvalue weighted by Crippen LogP contribution is 2.40. The van der Waals surface area contributed by atoms with Gasteiger partial charge in [-0.3, -0.25) is 9.69 Å². The fourth-order valence-corrected chi connectivity index (χ4v) is 4.78. The van der Waals surface area contributed by atoms with Crippen LogP contribution in [0.1, 0.15) is 23.5 Å². The van der Waals surface area contributed by atoms with Crippen LogP contribution in [0.2, 0.25) is 0 Å². The Kier molecular flexibility index (Phi) is 5.29. The molecule has 0 fully saturated rings. The maximum atomic E-state index is 13.1. The number of thiophene rings is 1. The Morgan fingerprint density at radius 3 is 2.74 bits per heavy atom. The SMILES string of the molecule is CC[NH+](CC)CCN(C(=O)c1cccs1)c1nc2cc3c(cc2s1)OCO3. The van der Waals surface area contributed by atoms with E-state index in [0.717, 1.165) is 45.6 Å². The van der Waals surface area contributed by atoms with E-state index in [4.69, 9.17) is 14.5 Å². The van der Waals surface area contributed by atoms with Crippen LogP contribution < -0.4 is 19.3 Å². The maximum absolute atomic E-state index is 13.1. The van der Waals surface area contributed by atoms with Gasteiger partial charge in [0, 0.05) is 12.1 Å². The minimum Gasteiger partial charge on any atom is -0.454 e. The number of fused-ring (bicyclic) bond motifs is 2. The van der Waals surface area contributed by atoms with E-state index in [9.17, 15) is 4.79 Å². The fourth-order valence-electron chi connectivity index (χ4n) is 3.11. The molecule has 1 aliphatic rings. The van der Waals surface area contributed by atoms with Gasteiger partial charge >= 0.3 is 0 Å². The summed E-state index contributed by atoms with van der Waals surface area (Å²) >= 11 is 2.98. The summed E-state index contributed by atoms with van der Waals surface area (Å²) < 4.78 is 11.9. The lowest BCUT2D eigenvalue weighted by atomic mass is 10.3. The van der Waals surface area contributed by atoms with E-state index in [-0.39, 0.29) is 12.7 Å². The molecule has 0 saturated heterocycles. The van der Waals surface area contributed by atoms with Crippen molar-refractivity contribution in [2.45, 2.75) is 13.8 Å². The number of nitrogens with one attached hydrogen (secondary N) is 1. The molecular formula is C19H22N3O3S2+. The van der Waals surface area contributed by atoms with Crippen LogP contribution >= 0.6 is 22.7 Å². The first-order valence-electron chi connectivity index (χ1n) is 9.08. The van der Waals surface area contributed by atoms with E-state index in [1.807, 2.05) is 34.5 Å². The lowest BCUT2D eigenvalue weighted by molar-refractivity contribution is -0.894. The molecule has 0 unspecified atom stereocenters. The smallest absolute Gasteiger partial charge is 0.270 e. The van der Waals surface area contributed by atoms with Gasteiger partial charge in [0.2, 0.25) is 6.79 Å². The molecule has 1 aromatic carbocycles. The number of ether oxygens (including phenoxy) is 2. The predicted octanol–water partition coefficient (Wildman–Crippen LogP) is 2.66. The summed E-state index contributed by atoms with van der Waals surface area (Å²) in [5, 5.41) is 2.65. The lowest BCUT2D eigenvalue weighted by Crippen LogP contribution is -3.12. The van der Waals surface area contributed by atoms with Crippen molar-refractivity contribution >= 4 is 43.9 Å².